The zero-order valence-corrected chi connectivity index (χ0v) is 14.8. The SMILES string of the molecule is COc1ccc(S(=O)(=O)N(C)CC(C)(C)CN)c(C)c1.Cl. The van der Waals surface area contributed by atoms with Crippen LogP contribution in [0.2, 0.25) is 0 Å². The number of sulfonamides is 1. The minimum Gasteiger partial charge on any atom is -0.497 e. The molecule has 21 heavy (non-hydrogen) atoms. The van der Waals surface area contributed by atoms with Crippen molar-refractivity contribution < 1.29 is 13.2 Å². The highest BCUT2D eigenvalue weighted by molar-refractivity contribution is 7.89. The van der Waals surface area contributed by atoms with E-state index in [1.807, 2.05) is 13.8 Å². The van der Waals surface area contributed by atoms with Crippen molar-refractivity contribution in [2.24, 2.45) is 11.1 Å². The fourth-order valence-corrected chi connectivity index (χ4v) is 3.52. The van der Waals surface area contributed by atoms with Crippen molar-refractivity contribution in [1.82, 2.24) is 4.31 Å². The lowest BCUT2D eigenvalue weighted by Gasteiger charge is -2.28. The number of hydrogen-bond acceptors (Lipinski definition) is 4. The zero-order valence-electron chi connectivity index (χ0n) is 13.2. The fourth-order valence-electron chi connectivity index (χ4n) is 1.96. The maximum atomic E-state index is 12.6. The van der Waals surface area contributed by atoms with Crippen LogP contribution in [0.4, 0.5) is 0 Å². The quantitative estimate of drug-likeness (QED) is 0.862. The molecule has 1 aromatic rings. The minimum absolute atomic E-state index is 0. The number of aryl methyl sites for hydroxylation is 1. The molecule has 2 N–H and O–H groups in total. The minimum atomic E-state index is -3.52. The third-order valence-corrected chi connectivity index (χ3v) is 5.24. The van der Waals surface area contributed by atoms with Crippen molar-refractivity contribution >= 4 is 22.4 Å². The molecule has 0 saturated heterocycles. The van der Waals surface area contributed by atoms with Crippen LogP contribution in [0.3, 0.4) is 0 Å². The van der Waals surface area contributed by atoms with Crippen molar-refractivity contribution in [3.8, 4) is 5.75 Å². The maximum Gasteiger partial charge on any atom is 0.243 e. The summed E-state index contributed by atoms with van der Waals surface area (Å²) in [4.78, 5) is 0.300. The number of nitrogens with two attached hydrogens (primary N) is 1. The Hall–Kier alpha value is -0.820. The first-order valence-corrected chi connectivity index (χ1v) is 7.89. The lowest BCUT2D eigenvalue weighted by molar-refractivity contribution is 0.292. The molecule has 0 aliphatic rings. The van der Waals surface area contributed by atoms with Crippen LogP contribution >= 0.6 is 12.4 Å². The van der Waals surface area contributed by atoms with Crippen LogP contribution in [0.25, 0.3) is 0 Å². The second kappa shape index (κ2) is 7.45. The van der Waals surface area contributed by atoms with Crippen molar-refractivity contribution in [2.45, 2.75) is 25.7 Å². The Labute approximate surface area is 133 Å². The Bertz CT molecular complexity index is 574. The highest BCUT2D eigenvalue weighted by atomic mass is 35.5. The van der Waals surface area contributed by atoms with E-state index in [1.165, 1.54) is 4.31 Å². The standard InChI is InChI=1S/C14H24N2O3S.ClH/c1-11-8-12(19-5)6-7-13(11)20(17,18)16(4)10-14(2,3)9-15;/h6-8H,9-10,15H2,1-5H3;1H. The van der Waals surface area contributed by atoms with Gasteiger partial charge in [0, 0.05) is 13.6 Å². The van der Waals surface area contributed by atoms with E-state index in [-0.39, 0.29) is 17.8 Å². The fraction of sp³-hybridized carbons (Fsp3) is 0.571. The molecule has 0 saturated carbocycles. The molecule has 0 amide bonds. The molecule has 1 aromatic carbocycles. The molecule has 0 fully saturated rings. The van der Waals surface area contributed by atoms with Gasteiger partial charge in [0.1, 0.15) is 5.75 Å². The number of nitrogens with zero attached hydrogens (tertiary/aromatic N) is 1. The van der Waals surface area contributed by atoms with Gasteiger partial charge in [-0.25, -0.2) is 12.7 Å². The number of methoxy groups -OCH3 is 1. The van der Waals surface area contributed by atoms with Crippen LogP contribution in [-0.2, 0) is 10.0 Å². The number of rotatable bonds is 6. The van der Waals surface area contributed by atoms with Crippen LogP contribution in [0.15, 0.2) is 23.1 Å². The summed E-state index contributed by atoms with van der Waals surface area (Å²) in [5.74, 6) is 0.645. The third-order valence-electron chi connectivity index (χ3n) is 3.27. The molecule has 0 aliphatic heterocycles. The molecule has 122 valence electrons. The van der Waals surface area contributed by atoms with Gasteiger partial charge >= 0.3 is 0 Å². The summed E-state index contributed by atoms with van der Waals surface area (Å²) in [7, 11) is -0.382. The highest BCUT2D eigenvalue weighted by Crippen LogP contribution is 2.25. The molecule has 0 unspecified atom stereocenters. The Morgan fingerprint density at radius 2 is 1.90 bits per heavy atom. The van der Waals surface area contributed by atoms with Gasteiger partial charge in [0.25, 0.3) is 0 Å². The molecule has 0 aliphatic carbocycles. The van der Waals surface area contributed by atoms with Crippen molar-refractivity contribution in [1.29, 1.82) is 0 Å². The molecule has 0 bridgehead atoms. The first-order valence-electron chi connectivity index (χ1n) is 6.45. The predicted molar refractivity (Wildman–Crippen MR) is 87.6 cm³/mol. The van der Waals surface area contributed by atoms with E-state index in [1.54, 1.807) is 39.3 Å². The van der Waals surface area contributed by atoms with E-state index < -0.39 is 10.0 Å². The summed E-state index contributed by atoms with van der Waals surface area (Å²) in [5.41, 5.74) is 6.07. The number of ether oxygens (including phenoxy) is 1. The summed E-state index contributed by atoms with van der Waals surface area (Å²) < 4.78 is 31.6. The molecule has 0 radical (unpaired) electrons. The van der Waals surface area contributed by atoms with Crippen molar-refractivity contribution in [3.63, 3.8) is 0 Å². The van der Waals surface area contributed by atoms with Gasteiger partial charge in [0.2, 0.25) is 10.0 Å². The van der Waals surface area contributed by atoms with E-state index in [2.05, 4.69) is 0 Å². The van der Waals surface area contributed by atoms with Crippen molar-refractivity contribution in [2.75, 3.05) is 27.2 Å². The largest absolute Gasteiger partial charge is 0.497 e. The van der Waals surface area contributed by atoms with E-state index in [9.17, 15) is 8.42 Å². The Morgan fingerprint density at radius 3 is 2.33 bits per heavy atom. The van der Waals surface area contributed by atoms with Gasteiger partial charge in [-0.2, -0.15) is 0 Å². The first-order chi connectivity index (χ1) is 9.14. The molecule has 7 heteroatoms. The molecular formula is C14H25ClN2O3S. The van der Waals surface area contributed by atoms with Crippen LogP contribution in [0.5, 0.6) is 5.75 Å². The molecule has 0 heterocycles. The van der Waals surface area contributed by atoms with Crippen LogP contribution in [0.1, 0.15) is 19.4 Å². The number of halogens is 1. The second-order valence-electron chi connectivity index (χ2n) is 5.76. The number of benzene rings is 1. The Morgan fingerprint density at radius 1 is 1.33 bits per heavy atom. The van der Waals surface area contributed by atoms with Gasteiger partial charge in [-0.05, 0) is 42.6 Å². The van der Waals surface area contributed by atoms with E-state index in [0.29, 0.717) is 29.3 Å². The molecule has 0 aromatic heterocycles. The Balaban J connectivity index is 0.00000400. The zero-order chi connectivity index (χ0) is 15.6. The molecule has 1 rings (SSSR count). The van der Waals surface area contributed by atoms with E-state index >= 15 is 0 Å². The topological polar surface area (TPSA) is 72.6 Å². The molecule has 0 spiro atoms. The number of hydrogen-bond donors (Lipinski definition) is 1. The first kappa shape index (κ1) is 20.2. The van der Waals surface area contributed by atoms with E-state index in [0.717, 1.165) is 0 Å². The highest BCUT2D eigenvalue weighted by Gasteiger charge is 2.28. The summed E-state index contributed by atoms with van der Waals surface area (Å²) in [6.45, 7) is 6.45. The van der Waals surface area contributed by atoms with Gasteiger partial charge in [0.15, 0.2) is 0 Å². The lowest BCUT2D eigenvalue weighted by Crippen LogP contribution is -2.39. The van der Waals surface area contributed by atoms with Gasteiger partial charge in [-0.1, -0.05) is 13.8 Å². The second-order valence-corrected chi connectivity index (χ2v) is 7.77. The summed E-state index contributed by atoms with van der Waals surface area (Å²) in [5, 5.41) is 0. The van der Waals surface area contributed by atoms with Crippen LogP contribution < -0.4 is 10.5 Å². The van der Waals surface area contributed by atoms with Gasteiger partial charge in [0.05, 0.1) is 12.0 Å². The average molecular weight is 337 g/mol. The maximum absolute atomic E-state index is 12.6. The van der Waals surface area contributed by atoms with Crippen LogP contribution in [-0.4, -0.2) is 40.0 Å². The summed E-state index contributed by atoms with van der Waals surface area (Å²) in [6.07, 6.45) is 0. The van der Waals surface area contributed by atoms with Gasteiger partial charge in [-0.3, -0.25) is 0 Å². The Kier molecular flexibility index (Phi) is 7.15. The summed E-state index contributed by atoms with van der Waals surface area (Å²) >= 11 is 0. The smallest absolute Gasteiger partial charge is 0.243 e. The lowest BCUT2D eigenvalue weighted by atomic mass is 9.94. The van der Waals surface area contributed by atoms with Crippen LogP contribution in [0, 0.1) is 12.3 Å². The molecule has 0 atom stereocenters. The molecular weight excluding hydrogens is 312 g/mol. The van der Waals surface area contributed by atoms with Gasteiger partial charge in [-0.15, -0.1) is 12.4 Å². The molecule has 5 nitrogen and oxygen atoms in total. The predicted octanol–water partition coefficient (Wildman–Crippen LogP) is 2.03. The monoisotopic (exact) mass is 336 g/mol. The normalized spacial score (nSPS) is 12.1. The third kappa shape index (κ3) is 4.85. The van der Waals surface area contributed by atoms with Gasteiger partial charge < -0.3 is 10.5 Å². The van der Waals surface area contributed by atoms with E-state index in [4.69, 9.17) is 10.5 Å². The van der Waals surface area contributed by atoms with Crippen molar-refractivity contribution in [3.05, 3.63) is 23.8 Å². The summed E-state index contributed by atoms with van der Waals surface area (Å²) in [6, 6.07) is 4.95. The average Bonchev–Trinajstić information content (AvgIpc) is 2.37.